The first-order chi connectivity index (χ1) is 9.26. The lowest BCUT2D eigenvalue weighted by molar-refractivity contribution is 0.215. The van der Waals surface area contributed by atoms with Gasteiger partial charge in [0.25, 0.3) is 0 Å². The Hall–Kier alpha value is -2.16. The molecule has 1 aliphatic heterocycles. The van der Waals surface area contributed by atoms with Gasteiger partial charge in [0, 0.05) is 11.4 Å². The van der Waals surface area contributed by atoms with E-state index >= 15 is 0 Å². The third-order valence-electron chi connectivity index (χ3n) is 2.70. The minimum absolute atomic E-state index is 0.642. The molecular weight excluding hydrogens is 236 g/mol. The van der Waals surface area contributed by atoms with E-state index in [9.17, 15) is 0 Å². The van der Waals surface area contributed by atoms with E-state index in [0.29, 0.717) is 6.61 Å². The van der Waals surface area contributed by atoms with Gasteiger partial charge in [0.1, 0.15) is 12.4 Å². The molecule has 0 amide bonds. The highest BCUT2D eigenvalue weighted by atomic mass is 16.5. The van der Waals surface area contributed by atoms with Crippen LogP contribution in [0.1, 0.15) is 13.8 Å². The van der Waals surface area contributed by atoms with Gasteiger partial charge in [-0.05, 0) is 36.4 Å². The Kier molecular flexibility index (Phi) is 5.73. The van der Waals surface area contributed by atoms with Crippen LogP contribution in [0, 0.1) is 0 Å². The van der Waals surface area contributed by atoms with E-state index in [1.165, 1.54) is 0 Å². The van der Waals surface area contributed by atoms with E-state index in [1.54, 1.807) is 12.2 Å². The molecule has 3 heteroatoms. The lowest BCUT2D eigenvalue weighted by atomic mass is 10.2. The maximum atomic E-state index is 5.69. The van der Waals surface area contributed by atoms with Crippen molar-refractivity contribution in [3.8, 4) is 0 Å². The van der Waals surface area contributed by atoms with Crippen LogP contribution in [0.15, 0.2) is 61.0 Å². The molecule has 2 rings (SSSR count). The Morgan fingerprint density at radius 1 is 1.16 bits per heavy atom. The first-order valence-corrected chi connectivity index (χ1v) is 6.51. The van der Waals surface area contributed by atoms with Gasteiger partial charge in [-0.1, -0.05) is 27.0 Å². The molecule has 0 aliphatic carbocycles. The second-order valence-electron chi connectivity index (χ2n) is 3.75. The number of allylic oxidation sites excluding steroid dienone is 2. The number of benzene rings is 1. The van der Waals surface area contributed by atoms with Crippen LogP contribution in [0.5, 0.6) is 0 Å². The molecule has 3 nitrogen and oxygen atoms in total. The van der Waals surface area contributed by atoms with E-state index in [2.05, 4.69) is 18.1 Å². The zero-order valence-corrected chi connectivity index (χ0v) is 11.7. The van der Waals surface area contributed by atoms with Gasteiger partial charge < -0.3 is 15.4 Å². The monoisotopic (exact) mass is 258 g/mol. The van der Waals surface area contributed by atoms with Crippen molar-refractivity contribution in [1.29, 1.82) is 0 Å². The van der Waals surface area contributed by atoms with Gasteiger partial charge in [0.05, 0.1) is 12.2 Å². The van der Waals surface area contributed by atoms with Gasteiger partial charge in [-0.25, -0.2) is 0 Å². The van der Waals surface area contributed by atoms with Crippen molar-refractivity contribution >= 4 is 11.4 Å². The van der Waals surface area contributed by atoms with Crippen LogP contribution in [0.4, 0.5) is 11.4 Å². The Bertz CT molecular complexity index is 460. The molecule has 1 aromatic carbocycles. The Labute approximate surface area is 115 Å². The Morgan fingerprint density at radius 2 is 1.79 bits per heavy atom. The molecule has 0 radical (unpaired) electrons. The summed E-state index contributed by atoms with van der Waals surface area (Å²) in [6.07, 6.45) is 3.49. The van der Waals surface area contributed by atoms with Crippen LogP contribution in [0.3, 0.4) is 0 Å². The van der Waals surface area contributed by atoms with Gasteiger partial charge in [-0.2, -0.15) is 0 Å². The van der Waals surface area contributed by atoms with Crippen molar-refractivity contribution < 1.29 is 4.74 Å². The number of rotatable bonds is 3. The zero-order valence-electron chi connectivity index (χ0n) is 11.7. The summed E-state index contributed by atoms with van der Waals surface area (Å²) < 4.78 is 5.53. The molecule has 0 fully saturated rings. The molecule has 1 heterocycles. The van der Waals surface area contributed by atoms with Gasteiger partial charge in [0.2, 0.25) is 0 Å². The Morgan fingerprint density at radius 3 is 2.32 bits per heavy atom. The second kappa shape index (κ2) is 7.31. The summed E-state index contributed by atoms with van der Waals surface area (Å²) in [5, 5.41) is 0. The number of hydrogen-bond acceptors (Lipinski definition) is 3. The average Bonchev–Trinajstić information content (AvgIpc) is 2.49. The Balaban J connectivity index is 0.000000861. The summed E-state index contributed by atoms with van der Waals surface area (Å²) in [6.45, 7) is 13.0. The molecule has 0 unspecified atom stereocenters. The summed E-state index contributed by atoms with van der Waals surface area (Å²) in [5.74, 6) is 0.767. The normalized spacial score (nSPS) is 14.1. The van der Waals surface area contributed by atoms with Gasteiger partial charge in [-0.15, -0.1) is 0 Å². The summed E-state index contributed by atoms with van der Waals surface area (Å²) in [5.41, 5.74) is 8.47. The second-order valence-corrected chi connectivity index (χ2v) is 3.75. The standard InChI is InChI=1S/C14H16N2O.C2H6/c1-3-13-14(4-2)17-10-9-16(13)12-7-5-11(15)6-8-12;1-2/h3-8H,1-2,9-10,15H2;1-2H3. The van der Waals surface area contributed by atoms with E-state index in [0.717, 1.165) is 29.4 Å². The van der Waals surface area contributed by atoms with Crippen molar-refractivity contribution in [3.63, 3.8) is 0 Å². The molecular formula is C16H22N2O. The lowest BCUT2D eigenvalue weighted by Crippen LogP contribution is -2.31. The highest BCUT2D eigenvalue weighted by molar-refractivity contribution is 5.59. The van der Waals surface area contributed by atoms with Crippen molar-refractivity contribution in [2.45, 2.75) is 13.8 Å². The molecule has 0 saturated heterocycles. The zero-order chi connectivity index (χ0) is 14.3. The summed E-state index contributed by atoms with van der Waals surface area (Å²) in [6, 6.07) is 7.76. The molecule has 0 atom stereocenters. The number of nitrogens with zero attached hydrogens (tertiary/aromatic N) is 1. The molecule has 0 aromatic heterocycles. The van der Waals surface area contributed by atoms with E-state index in [4.69, 9.17) is 10.5 Å². The fourth-order valence-electron chi connectivity index (χ4n) is 1.87. The van der Waals surface area contributed by atoms with Crippen molar-refractivity contribution in [2.75, 3.05) is 23.8 Å². The molecule has 102 valence electrons. The maximum absolute atomic E-state index is 5.69. The van der Waals surface area contributed by atoms with Gasteiger partial charge >= 0.3 is 0 Å². The molecule has 0 saturated carbocycles. The quantitative estimate of drug-likeness (QED) is 0.840. The summed E-state index contributed by atoms with van der Waals surface area (Å²) in [4.78, 5) is 2.15. The highest BCUT2D eigenvalue weighted by Gasteiger charge is 2.18. The maximum Gasteiger partial charge on any atom is 0.142 e. The van der Waals surface area contributed by atoms with Gasteiger partial charge in [-0.3, -0.25) is 0 Å². The third kappa shape index (κ3) is 3.41. The number of nitrogens with two attached hydrogens (primary N) is 1. The largest absolute Gasteiger partial charge is 0.490 e. The smallest absolute Gasteiger partial charge is 0.142 e. The number of ether oxygens (including phenoxy) is 1. The molecule has 2 N–H and O–H groups in total. The molecule has 19 heavy (non-hydrogen) atoms. The van der Waals surface area contributed by atoms with E-state index in [-0.39, 0.29) is 0 Å². The summed E-state index contributed by atoms with van der Waals surface area (Å²) >= 11 is 0. The topological polar surface area (TPSA) is 38.5 Å². The fraction of sp³-hybridized carbons (Fsp3) is 0.250. The van der Waals surface area contributed by atoms with E-state index in [1.807, 2.05) is 38.1 Å². The molecule has 1 aliphatic rings. The molecule has 1 aromatic rings. The van der Waals surface area contributed by atoms with Crippen molar-refractivity contribution in [2.24, 2.45) is 0 Å². The first kappa shape index (κ1) is 14.9. The van der Waals surface area contributed by atoms with Crippen LogP contribution >= 0.6 is 0 Å². The van der Waals surface area contributed by atoms with Crippen LogP contribution in [0.2, 0.25) is 0 Å². The highest BCUT2D eigenvalue weighted by Crippen LogP contribution is 2.26. The van der Waals surface area contributed by atoms with Gasteiger partial charge in [0.15, 0.2) is 0 Å². The van der Waals surface area contributed by atoms with Crippen LogP contribution in [-0.2, 0) is 4.74 Å². The molecule has 0 spiro atoms. The number of nitrogen functional groups attached to an aromatic ring is 1. The number of hydrogen-bond donors (Lipinski definition) is 1. The van der Waals surface area contributed by atoms with Crippen LogP contribution < -0.4 is 10.6 Å². The molecule has 0 bridgehead atoms. The van der Waals surface area contributed by atoms with Crippen LogP contribution in [-0.4, -0.2) is 13.2 Å². The third-order valence-corrected chi connectivity index (χ3v) is 2.70. The number of anilines is 2. The predicted octanol–water partition coefficient (Wildman–Crippen LogP) is 3.72. The lowest BCUT2D eigenvalue weighted by Gasteiger charge is -2.31. The minimum atomic E-state index is 0.642. The van der Waals surface area contributed by atoms with E-state index < -0.39 is 0 Å². The van der Waals surface area contributed by atoms with Crippen molar-refractivity contribution in [1.82, 2.24) is 0 Å². The SMILES string of the molecule is C=CC1=C(C=C)N(c2ccc(N)cc2)CCO1.CC. The van der Waals surface area contributed by atoms with Crippen molar-refractivity contribution in [3.05, 3.63) is 61.0 Å². The summed E-state index contributed by atoms with van der Waals surface area (Å²) in [7, 11) is 0. The average molecular weight is 258 g/mol. The fourth-order valence-corrected chi connectivity index (χ4v) is 1.87. The van der Waals surface area contributed by atoms with Crippen LogP contribution in [0.25, 0.3) is 0 Å². The minimum Gasteiger partial charge on any atom is -0.490 e. The predicted molar refractivity (Wildman–Crippen MR) is 82.9 cm³/mol. The first-order valence-electron chi connectivity index (χ1n) is 6.51.